The highest BCUT2D eigenvalue weighted by Gasteiger charge is 2.58. The average Bonchev–Trinajstić information content (AvgIpc) is 4.17. The number of anilines is 6. The lowest BCUT2D eigenvalue weighted by Gasteiger charge is -2.44. The quantitative estimate of drug-likeness (QED) is 0.162. The Labute approximate surface area is 347 Å². The van der Waals surface area contributed by atoms with Crippen molar-refractivity contribution in [3.05, 3.63) is 174 Å². The van der Waals surface area contributed by atoms with Crippen molar-refractivity contribution in [1.29, 1.82) is 0 Å². The zero-order valence-corrected chi connectivity index (χ0v) is 33.4. The van der Waals surface area contributed by atoms with Crippen LogP contribution in [0, 0.1) is 23.7 Å². The molecule has 282 valence electrons. The normalized spacial score (nSPS) is 27.5. The summed E-state index contributed by atoms with van der Waals surface area (Å²) in [5, 5.41) is 0. The molecule has 6 atom stereocenters. The van der Waals surface area contributed by atoms with Gasteiger partial charge in [0.2, 0.25) is 0 Å². The van der Waals surface area contributed by atoms with Crippen LogP contribution in [0.15, 0.2) is 152 Å². The molecule has 0 amide bonds. The van der Waals surface area contributed by atoms with Crippen LogP contribution in [0.4, 0.5) is 34.1 Å². The van der Waals surface area contributed by atoms with Gasteiger partial charge in [0.15, 0.2) is 0 Å². The maximum atomic E-state index is 2.60. The lowest BCUT2D eigenvalue weighted by atomic mass is 9.33. The third-order valence-corrected chi connectivity index (χ3v) is 17.4. The molecule has 0 saturated heterocycles. The minimum absolute atomic E-state index is 0.140. The Morgan fingerprint density at radius 3 is 1.32 bits per heavy atom. The molecule has 2 aliphatic heterocycles. The first-order chi connectivity index (χ1) is 29.2. The Balaban J connectivity index is 0.929. The summed E-state index contributed by atoms with van der Waals surface area (Å²) in [4.78, 5) is 5.20. The van der Waals surface area contributed by atoms with E-state index < -0.39 is 0 Å². The van der Waals surface area contributed by atoms with E-state index in [9.17, 15) is 0 Å². The van der Waals surface area contributed by atoms with Crippen molar-refractivity contribution in [2.24, 2.45) is 23.7 Å². The lowest BCUT2D eigenvalue weighted by molar-refractivity contribution is 0.327. The summed E-state index contributed by atoms with van der Waals surface area (Å²) in [5.41, 5.74) is 24.4. The predicted molar refractivity (Wildman–Crippen MR) is 244 cm³/mol. The van der Waals surface area contributed by atoms with Crippen LogP contribution in [-0.4, -0.2) is 6.71 Å². The number of para-hydroxylation sites is 2. The van der Waals surface area contributed by atoms with Gasteiger partial charge in [0.25, 0.3) is 6.71 Å². The summed E-state index contributed by atoms with van der Waals surface area (Å²) >= 11 is 0. The zero-order chi connectivity index (χ0) is 38.2. The molecule has 6 aliphatic carbocycles. The summed E-state index contributed by atoms with van der Waals surface area (Å²) in [6.07, 6.45) is 11.0. The second-order valence-electron chi connectivity index (χ2n) is 19.6. The maximum Gasteiger partial charge on any atom is 0.252 e. The Morgan fingerprint density at radius 2 is 0.847 bits per heavy atom. The molecule has 0 N–H and O–H groups in total. The zero-order valence-electron chi connectivity index (χ0n) is 33.4. The molecular weight excluding hydrogens is 711 g/mol. The van der Waals surface area contributed by atoms with Crippen LogP contribution in [0.3, 0.4) is 0 Å². The Morgan fingerprint density at radius 1 is 0.407 bits per heavy atom. The number of benzene rings is 7. The Hall–Kier alpha value is -5.80. The molecule has 3 heteroatoms. The van der Waals surface area contributed by atoms with E-state index in [0.29, 0.717) is 0 Å². The fraction of sp³-hybridized carbons (Fsp3) is 0.250. The molecule has 2 spiro atoms. The van der Waals surface area contributed by atoms with Gasteiger partial charge in [-0.05, 0) is 172 Å². The Bertz CT molecular complexity index is 2800. The molecule has 2 heterocycles. The highest BCUT2D eigenvalue weighted by atomic mass is 15.2. The third-order valence-electron chi connectivity index (χ3n) is 17.4. The van der Waals surface area contributed by atoms with Gasteiger partial charge in [-0.15, -0.1) is 0 Å². The molecule has 8 aliphatic rings. The summed E-state index contributed by atoms with van der Waals surface area (Å²) in [5.74, 6) is 3.25. The van der Waals surface area contributed by atoms with Crippen molar-refractivity contribution < 1.29 is 0 Å². The molecule has 2 nitrogen and oxygen atoms in total. The molecule has 4 saturated carbocycles. The lowest BCUT2D eigenvalue weighted by Crippen LogP contribution is -2.61. The third kappa shape index (κ3) is 3.80. The molecule has 0 aromatic heterocycles. The minimum atomic E-state index is 0.140. The number of nitrogens with zero attached hydrogens (tertiary/aromatic N) is 2. The Kier molecular flexibility index (Phi) is 6.02. The van der Waals surface area contributed by atoms with E-state index in [1.165, 1.54) is 124 Å². The van der Waals surface area contributed by atoms with E-state index in [1.807, 2.05) is 0 Å². The largest absolute Gasteiger partial charge is 0.311 e. The van der Waals surface area contributed by atoms with E-state index in [2.05, 4.69) is 161 Å². The van der Waals surface area contributed by atoms with Gasteiger partial charge < -0.3 is 9.80 Å². The van der Waals surface area contributed by atoms with Crippen molar-refractivity contribution in [3.8, 4) is 22.3 Å². The molecular formula is C56H45BN2. The number of hydrogen-bond donors (Lipinski definition) is 0. The second-order valence-corrected chi connectivity index (χ2v) is 19.6. The number of hydrogen-bond acceptors (Lipinski definition) is 2. The van der Waals surface area contributed by atoms with Crippen molar-refractivity contribution in [2.75, 3.05) is 9.80 Å². The highest BCUT2D eigenvalue weighted by molar-refractivity contribution is 7.00. The van der Waals surface area contributed by atoms with Gasteiger partial charge >= 0.3 is 0 Å². The van der Waals surface area contributed by atoms with Gasteiger partial charge in [-0.3, -0.25) is 0 Å². The smallest absolute Gasteiger partial charge is 0.252 e. The van der Waals surface area contributed by atoms with Gasteiger partial charge in [-0.2, -0.15) is 0 Å². The van der Waals surface area contributed by atoms with Gasteiger partial charge in [-0.1, -0.05) is 116 Å². The molecule has 4 fully saturated rings. The SMILES string of the molecule is c1ccc2c(c1)B1c3ccccc3N(c3ccc4c(c3)-c3ccccc3[C@]43C[C@@H]4CCC3C4)c3cccc(c31)N2c1ccc2c(c1)-c1ccccc1[C@@]21C[C@@H]2CCC1C2. The van der Waals surface area contributed by atoms with E-state index in [-0.39, 0.29) is 17.5 Å². The standard InChI is InChI=1S/C56H45BN2/c1-3-12-44-40(10-1)42-30-38(24-26-46(42)55(44)32-34-20-22-36(55)28-34)58-50-16-7-5-14-48(50)57-49-15-6-8-17-51(49)59(53-19-9-18-52(58)54(53)57)39-25-27-47-43(31-39)41-11-2-4-13-45(41)56(47)33-35-21-23-37(56)29-35/h1-19,24-27,30-31,34-37H,20-23,28-29,32-33H2/t34-,35-,36?,37?,55-,56+/m1/s1. The first-order valence-corrected chi connectivity index (χ1v) is 22.6. The highest BCUT2D eigenvalue weighted by Crippen LogP contribution is 2.67. The predicted octanol–water partition coefficient (Wildman–Crippen LogP) is 11.9. The van der Waals surface area contributed by atoms with E-state index in [1.54, 1.807) is 22.3 Å². The van der Waals surface area contributed by atoms with Crippen molar-refractivity contribution in [2.45, 2.75) is 62.2 Å². The first kappa shape index (κ1) is 32.1. The van der Waals surface area contributed by atoms with Gasteiger partial charge in [0, 0.05) is 45.0 Å². The topological polar surface area (TPSA) is 6.48 Å². The van der Waals surface area contributed by atoms with Crippen LogP contribution in [0.1, 0.15) is 73.6 Å². The fourth-order valence-corrected chi connectivity index (χ4v) is 15.4. The maximum absolute atomic E-state index is 2.60. The number of rotatable bonds is 2. The molecule has 2 unspecified atom stereocenters. The molecule has 7 aromatic carbocycles. The van der Waals surface area contributed by atoms with Gasteiger partial charge in [0.05, 0.1) is 0 Å². The molecule has 7 aromatic rings. The first-order valence-electron chi connectivity index (χ1n) is 22.6. The van der Waals surface area contributed by atoms with Crippen LogP contribution in [0.5, 0.6) is 0 Å². The van der Waals surface area contributed by atoms with E-state index >= 15 is 0 Å². The van der Waals surface area contributed by atoms with Crippen LogP contribution in [-0.2, 0) is 10.8 Å². The summed E-state index contributed by atoms with van der Waals surface area (Å²) in [7, 11) is 0. The van der Waals surface area contributed by atoms with Gasteiger partial charge in [-0.25, -0.2) is 0 Å². The van der Waals surface area contributed by atoms with Crippen molar-refractivity contribution in [1.82, 2.24) is 0 Å². The van der Waals surface area contributed by atoms with E-state index in [0.717, 1.165) is 23.7 Å². The molecule has 4 bridgehead atoms. The second kappa shape index (κ2) is 11.1. The molecule has 59 heavy (non-hydrogen) atoms. The fourth-order valence-electron chi connectivity index (χ4n) is 15.4. The van der Waals surface area contributed by atoms with Crippen LogP contribution < -0.4 is 26.2 Å². The number of fused-ring (bicyclic) bond motifs is 20. The molecule has 15 rings (SSSR count). The average molecular weight is 757 g/mol. The van der Waals surface area contributed by atoms with Crippen molar-refractivity contribution >= 4 is 57.2 Å². The summed E-state index contributed by atoms with van der Waals surface area (Å²) < 4.78 is 0. The van der Waals surface area contributed by atoms with Crippen LogP contribution in [0.2, 0.25) is 0 Å². The summed E-state index contributed by atoms with van der Waals surface area (Å²) in [6.45, 7) is 0.140. The van der Waals surface area contributed by atoms with Crippen molar-refractivity contribution in [3.63, 3.8) is 0 Å². The van der Waals surface area contributed by atoms with E-state index in [4.69, 9.17) is 0 Å². The van der Waals surface area contributed by atoms with Gasteiger partial charge in [0.1, 0.15) is 0 Å². The summed E-state index contributed by atoms with van der Waals surface area (Å²) in [6, 6.07) is 59.6. The monoisotopic (exact) mass is 756 g/mol. The van der Waals surface area contributed by atoms with Crippen LogP contribution >= 0.6 is 0 Å². The minimum Gasteiger partial charge on any atom is -0.311 e. The molecule has 0 radical (unpaired) electrons. The van der Waals surface area contributed by atoms with Crippen LogP contribution in [0.25, 0.3) is 22.3 Å².